The van der Waals surface area contributed by atoms with Gasteiger partial charge in [0.1, 0.15) is 23.0 Å². The normalized spacial score (nSPS) is 10.0. The lowest BCUT2D eigenvalue weighted by Crippen LogP contribution is -2.02. The molecule has 0 unspecified atom stereocenters. The van der Waals surface area contributed by atoms with Gasteiger partial charge in [-0.2, -0.15) is 17.6 Å². The molecule has 0 aromatic heterocycles. The van der Waals surface area contributed by atoms with Gasteiger partial charge in [0.2, 0.25) is 0 Å². The number of benzene rings is 3. The van der Waals surface area contributed by atoms with Gasteiger partial charge >= 0.3 is 24.1 Å². The summed E-state index contributed by atoms with van der Waals surface area (Å²) < 4.78 is 71.9. The molecule has 0 radical (unpaired) electrons. The molecule has 6 nitrogen and oxygen atoms in total. The number of rotatable bonds is 10. The number of hydrogen-bond donors (Lipinski definition) is 0. The Morgan fingerprint density at radius 1 is 0.605 bits per heavy atom. The van der Waals surface area contributed by atoms with E-state index in [9.17, 15) is 27.2 Å². The molecule has 3 aromatic carbocycles. The highest BCUT2D eigenvalue weighted by molar-refractivity contribution is 5.85. The van der Waals surface area contributed by atoms with Gasteiger partial charge in [-0.05, 0) is 47.5 Å². The third kappa shape index (κ3) is 7.44. The van der Waals surface area contributed by atoms with E-state index in [0.717, 1.165) is 12.2 Å². The molecule has 0 amide bonds. The van der Waals surface area contributed by atoms with E-state index in [2.05, 4.69) is 13.2 Å². The second-order valence-corrected chi connectivity index (χ2v) is 7.19. The van der Waals surface area contributed by atoms with Crippen molar-refractivity contribution in [2.75, 3.05) is 0 Å². The molecule has 3 aromatic rings. The first-order valence-electron chi connectivity index (χ1n) is 10.6. The molecule has 194 valence electrons. The van der Waals surface area contributed by atoms with Crippen molar-refractivity contribution >= 4 is 11.9 Å². The zero-order valence-corrected chi connectivity index (χ0v) is 19.5. The van der Waals surface area contributed by atoms with Crippen molar-refractivity contribution in [2.24, 2.45) is 0 Å². The summed E-state index contributed by atoms with van der Waals surface area (Å²) in [5, 5.41) is 0. The molecule has 3 rings (SSSR count). The van der Waals surface area contributed by atoms with E-state index >= 15 is 0 Å². The quantitative estimate of drug-likeness (QED) is 0.0899. The largest absolute Gasteiger partial charge is 0.459 e. The third-order valence-electron chi connectivity index (χ3n) is 4.73. The maximum Gasteiger partial charge on any atom is 0.335 e. The Hall–Kier alpha value is -5.12. The summed E-state index contributed by atoms with van der Waals surface area (Å²) in [5.74, 6) is -1.13. The van der Waals surface area contributed by atoms with Crippen LogP contribution in [0.1, 0.15) is 0 Å². The van der Waals surface area contributed by atoms with Gasteiger partial charge in [-0.25, -0.2) is 9.59 Å². The van der Waals surface area contributed by atoms with Crippen LogP contribution in [0.15, 0.2) is 111 Å². The van der Waals surface area contributed by atoms with Crippen LogP contribution in [0.2, 0.25) is 0 Å². The Kier molecular flexibility index (Phi) is 9.20. The van der Waals surface area contributed by atoms with Crippen LogP contribution in [-0.2, 0) is 9.59 Å². The highest BCUT2D eigenvalue weighted by atomic mass is 19.3. The monoisotopic (exact) mass is 526 g/mol. The summed E-state index contributed by atoms with van der Waals surface area (Å²) in [6, 6.07) is 14.4. The minimum atomic E-state index is -2.11. The van der Waals surface area contributed by atoms with E-state index in [1.807, 2.05) is 0 Å². The zero-order chi connectivity index (χ0) is 27.7. The molecule has 38 heavy (non-hydrogen) atoms. The lowest BCUT2D eigenvalue weighted by molar-refractivity contribution is -0.129. The fourth-order valence-electron chi connectivity index (χ4n) is 3.14. The van der Waals surface area contributed by atoms with Crippen molar-refractivity contribution < 1.29 is 46.1 Å². The summed E-state index contributed by atoms with van der Waals surface area (Å²) in [5.41, 5.74) is 1.21. The molecule has 0 aliphatic rings. The molecule has 0 heterocycles. The maximum absolute atomic E-state index is 12.9. The Morgan fingerprint density at radius 2 is 0.947 bits per heavy atom. The van der Waals surface area contributed by atoms with Crippen molar-refractivity contribution in [3.8, 4) is 45.3 Å². The van der Waals surface area contributed by atoms with Crippen LogP contribution in [0.4, 0.5) is 17.6 Å². The predicted octanol–water partition coefficient (Wildman–Crippen LogP) is 7.44. The number of carbonyl (C=O) groups excluding carboxylic acids is 2. The topological polar surface area (TPSA) is 71.1 Å². The zero-order valence-electron chi connectivity index (χ0n) is 19.5. The molecule has 0 fully saturated rings. The van der Waals surface area contributed by atoms with Crippen LogP contribution in [0.25, 0.3) is 22.3 Å². The Labute approximate surface area is 214 Å². The van der Waals surface area contributed by atoms with Crippen molar-refractivity contribution in [3.05, 3.63) is 111 Å². The first-order valence-corrected chi connectivity index (χ1v) is 10.6. The fraction of sp³-hybridized carbons (Fsp3) is 0. The molecule has 0 aliphatic carbocycles. The number of ether oxygens (including phenoxy) is 4. The first-order chi connectivity index (χ1) is 18.2. The van der Waals surface area contributed by atoms with Gasteiger partial charge in [0.25, 0.3) is 0 Å². The molecular weight excluding hydrogens is 508 g/mol. The summed E-state index contributed by atoms with van der Waals surface area (Å²) >= 11 is 0. The molecule has 0 N–H and O–H groups in total. The van der Waals surface area contributed by atoms with E-state index in [4.69, 9.17) is 18.9 Å². The first kappa shape index (κ1) is 27.5. The number of hydrogen-bond acceptors (Lipinski definition) is 6. The van der Waals surface area contributed by atoms with Crippen LogP contribution >= 0.6 is 0 Å². The molecule has 0 aliphatic heterocycles. The maximum atomic E-state index is 12.9. The summed E-state index contributed by atoms with van der Waals surface area (Å²) in [4.78, 5) is 22.8. The van der Waals surface area contributed by atoms with Crippen LogP contribution < -0.4 is 18.9 Å². The van der Waals surface area contributed by atoms with Gasteiger partial charge in [0.15, 0.2) is 12.5 Å². The Bertz CT molecular complexity index is 1290. The van der Waals surface area contributed by atoms with E-state index in [1.54, 1.807) is 0 Å². The van der Waals surface area contributed by atoms with Gasteiger partial charge < -0.3 is 18.9 Å². The fourth-order valence-corrected chi connectivity index (χ4v) is 3.14. The average molecular weight is 526 g/mol. The average Bonchev–Trinajstić information content (AvgIpc) is 2.91. The summed E-state index contributed by atoms with van der Waals surface area (Å²) in [6.45, 7) is 6.61. The van der Waals surface area contributed by atoms with Crippen LogP contribution in [0.3, 0.4) is 0 Å². The Morgan fingerprint density at radius 3 is 1.24 bits per heavy atom. The minimum Gasteiger partial charge on any atom is -0.459 e. The van der Waals surface area contributed by atoms with Crippen molar-refractivity contribution in [2.45, 2.75) is 0 Å². The highest BCUT2D eigenvalue weighted by Crippen LogP contribution is 2.42. The summed E-state index contributed by atoms with van der Waals surface area (Å²) in [6.07, 6.45) is -1.81. The molecular formula is C28H18F4O6. The van der Waals surface area contributed by atoms with E-state index < -0.39 is 24.1 Å². The Balaban J connectivity index is 2.13. The van der Waals surface area contributed by atoms with Gasteiger partial charge in [0, 0.05) is 23.3 Å². The number of esters is 2. The molecule has 10 heteroatoms. The van der Waals surface area contributed by atoms with Gasteiger partial charge in [0.05, 0.1) is 0 Å². The van der Waals surface area contributed by atoms with E-state index in [-0.39, 0.29) is 46.6 Å². The lowest BCUT2D eigenvalue weighted by atomic mass is 9.97. The predicted molar refractivity (Wildman–Crippen MR) is 131 cm³/mol. The molecule has 0 atom stereocenters. The van der Waals surface area contributed by atoms with Crippen LogP contribution in [-0.4, -0.2) is 11.9 Å². The number of halogens is 4. The minimum absolute atomic E-state index is 0.0668. The molecule has 0 saturated carbocycles. The van der Waals surface area contributed by atoms with Gasteiger partial charge in [-0.3, -0.25) is 0 Å². The molecule has 0 bridgehead atoms. The third-order valence-corrected chi connectivity index (χ3v) is 4.73. The highest BCUT2D eigenvalue weighted by Gasteiger charge is 2.17. The van der Waals surface area contributed by atoms with Crippen LogP contribution in [0, 0.1) is 0 Å². The molecule has 0 spiro atoms. The molecule has 0 saturated heterocycles. The smallest absolute Gasteiger partial charge is 0.335 e. The van der Waals surface area contributed by atoms with E-state index in [0.29, 0.717) is 11.1 Å². The van der Waals surface area contributed by atoms with Crippen molar-refractivity contribution in [1.29, 1.82) is 0 Å². The second kappa shape index (κ2) is 12.7. The van der Waals surface area contributed by atoms with Gasteiger partial charge in [-0.1, -0.05) is 37.4 Å². The van der Waals surface area contributed by atoms with Crippen LogP contribution in [0.5, 0.6) is 23.0 Å². The standard InChI is InChI=1S/C28H18F4O6/c1-3-27(33)37-19-9-5-17(6-10-19)21-13-24(36-16-26(31)32)22(14-23(21)35-15-25(29)30)18-7-11-20(12-8-18)38-28(34)4-2/h3-16H,1-2H2. The SMILES string of the molecule is C=CC(=O)Oc1ccc(-c2cc(OC=C(F)F)c(-c3ccc(OC(=O)C=C)cc3)cc2OC=C(F)F)cc1. The second-order valence-electron chi connectivity index (χ2n) is 7.19. The van der Waals surface area contributed by atoms with Gasteiger partial charge in [-0.15, -0.1) is 0 Å². The lowest BCUT2D eigenvalue weighted by Gasteiger charge is -2.16. The number of carbonyl (C=O) groups is 2. The van der Waals surface area contributed by atoms with Crippen molar-refractivity contribution in [3.63, 3.8) is 0 Å². The van der Waals surface area contributed by atoms with Crippen molar-refractivity contribution in [1.82, 2.24) is 0 Å². The van der Waals surface area contributed by atoms with E-state index in [1.165, 1.54) is 60.7 Å². The summed E-state index contributed by atoms with van der Waals surface area (Å²) in [7, 11) is 0.